The molecule has 0 saturated heterocycles. The second kappa shape index (κ2) is 5.17. The second-order valence-electron chi connectivity index (χ2n) is 4.31. The van der Waals surface area contributed by atoms with E-state index in [2.05, 4.69) is 24.4 Å². The van der Waals surface area contributed by atoms with Crippen molar-refractivity contribution in [1.29, 1.82) is 0 Å². The molecule has 0 fully saturated rings. The number of allylic oxidation sites excluding steroid dienone is 2. The van der Waals surface area contributed by atoms with E-state index < -0.39 is 0 Å². The molecule has 1 aromatic rings. The first-order chi connectivity index (χ1) is 7.36. The number of nitrogens with one attached hydrogen (secondary N) is 1. The Balaban J connectivity index is 1.71. The molecule has 0 amide bonds. The lowest BCUT2D eigenvalue weighted by Crippen LogP contribution is -2.23. The molecule has 0 spiro atoms. The zero-order valence-electron chi connectivity index (χ0n) is 9.33. The summed E-state index contributed by atoms with van der Waals surface area (Å²) in [5.41, 5.74) is 1.24. The first-order valence-corrected chi connectivity index (χ1v) is 5.75. The number of rotatable bonds is 4. The van der Waals surface area contributed by atoms with Gasteiger partial charge < -0.3 is 9.73 Å². The van der Waals surface area contributed by atoms with Gasteiger partial charge in [0.2, 0.25) is 0 Å². The fourth-order valence-corrected chi connectivity index (χ4v) is 2.02. The Labute approximate surface area is 91.4 Å². The number of furan rings is 1. The molecule has 2 rings (SSSR count). The summed E-state index contributed by atoms with van der Waals surface area (Å²) < 4.78 is 5.38. The van der Waals surface area contributed by atoms with E-state index in [4.69, 9.17) is 4.42 Å². The van der Waals surface area contributed by atoms with E-state index in [0.717, 1.165) is 24.8 Å². The van der Waals surface area contributed by atoms with Crippen LogP contribution in [-0.4, -0.2) is 6.54 Å². The highest BCUT2D eigenvalue weighted by Gasteiger charge is 2.09. The minimum Gasteiger partial charge on any atom is -0.468 e. The monoisotopic (exact) mass is 205 g/mol. The molecule has 15 heavy (non-hydrogen) atoms. The summed E-state index contributed by atoms with van der Waals surface area (Å²) in [4.78, 5) is 0. The quantitative estimate of drug-likeness (QED) is 0.764. The molecule has 1 aliphatic rings. The van der Waals surface area contributed by atoms with E-state index in [1.165, 1.54) is 24.8 Å². The van der Waals surface area contributed by atoms with Crippen molar-refractivity contribution in [2.24, 2.45) is 5.92 Å². The summed E-state index contributed by atoms with van der Waals surface area (Å²) in [5, 5.41) is 3.47. The summed E-state index contributed by atoms with van der Waals surface area (Å²) in [7, 11) is 0. The molecular weight excluding hydrogens is 186 g/mol. The molecule has 82 valence electrons. The van der Waals surface area contributed by atoms with Crippen molar-refractivity contribution in [2.75, 3.05) is 6.54 Å². The van der Waals surface area contributed by atoms with Crippen molar-refractivity contribution >= 4 is 0 Å². The molecule has 1 aromatic heterocycles. The summed E-state index contributed by atoms with van der Waals surface area (Å²) in [6.45, 7) is 4.05. The van der Waals surface area contributed by atoms with Gasteiger partial charge in [-0.3, -0.25) is 0 Å². The van der Waals surface area contributed by atoms with Gasteiger partial charge in [-0.1, -0.05) is 12.2 Å². The highest BCUT2D eigenvalue weighted by molar-refractivity contribution is 5.14. The van der Waals surface area contributed by atoms with E-state index in [-0.39, 0.29) is 0 Å². The fourth-order valence-electron chi connectivity index (χ4n) is 2.02. The van der Waals surface area contributed by atoms with Crippen molar-refractivity contribution in [1.82, 2.24) is 5.32 Å². The Morgan fingerprint density at radius 1 is 1.47 bits per heavy atom. The Morgan fingerprint density at radius 2 is 2.40 bits per heavy atom. The minimum absolute atomic E-state index is 0.810. The standard InChI is InChI=1S/C13H19NO/c1-11-7-8-15-13(11)10-14-9-12-5-3-2-4-6-12/h2-3,7-8,12,14H,4-6,9-10H2,1H3. The van der Waals surface area contributed by atoms with Crippen LogP contribution in [0.2, 0.25) is 0 Å². The lowest BCUT2D eigenvalue weighted by molar-refractivity contribution is 0.416. The molecule has 1 heterocycles. The molecule has 1 atom stereocenters. The third-order valence-corrected chi connectivity index (χ3v) is 3.06. The van der Waals surface area contributed by atoms with Crippen LogP contribution >= 0.6 is 0 Å². The van der Waals surface area contributed by atoms with Gasteiger partial charge in [-0.25, -0.2) is 0 Å². The van der Waals surface area contributed by atoms with Gasteiger partial charge in [0.1, 0.15) is 5.76 Å². The topological polar surface area (TPSA) is 25.2 Å². The summed E-state index contributed by atoms with van der Waals surface area (Å²) in [6, 6.07) is 2.01. The van der Waals surface area contributed by atoms with Gasteiger partial charge in [-0.2, -0.15) is 0 Å². The van der Waals surface area contributed by atoms with Crippen LogP contribution < -0.4 is 5.32 Å². The van der Waals surface area contributed by atoms with Gasteiger partial charge in [0, 0.05) is 0 Å². The maximum absolute atomic E-state index is 5.38. The van der Waals surface area contributed by atoms with Crippen LogP contribution in [0.1, 0.15) is 30.6 Å². The second-order valence-corrected chi connectivity index (χ2v) is 4.31. The normalized spacial score (nSPS) is 20.7. The zero-order valence-corrected chi connectivity index (χ0v) is 9.33. The van der Waals surface area contributed by atoms with E-state index in [0.29, 0.717) is 0 Å². The Morgan fingerprint density at radius 3 is 3.07 bits per heavy atom. The first-order valence-electron chi connectivity index (χ1n) is 5.75. The molecule has 1 unspecified atom stereocenters. The van der Waals surface area contributed by atoms with Crippen molar-refractivity contribution in [3.05, 3.63) is 35.8 Å². The summed E-state index contributed by atoms with van der Waals surface area (Å²) in [6.07, 6.45) is 10.1. The molecule has 2 heteroatoms. The maximum Gasteiger partial charge on any atom is 0.120 e. The minimum atomic E-state index is 0.810. The van der Waals surface area contributed by atoms with Crippen molar-refractivity contribution in [2.45, 2.75) is 32.7 Å². The Hall–Kier alpha value is -1.02. The summed E-state index contributed by atoms with van der Waals surface area (Å²) >= 11 is 0. The van der Waals surface area contributed by atoms with E-state index in [1.807, 2.05) is 6.07 Å². The first kappa shape index (κ1) is 10.5. The van der Waals surface area contributed by atoms with Gasteiger partial charge in [0.15, 0.2) is 0 Å². The van der Waals surface area contributed by atoms with Crippen LogP contribution in [0.15, 0.2) is 28.9 Å². The van der Waals surface area contributed by atoms with E-state index >= 15 is 0 Å². The predicted octanol–water partition coefficient (Wildman–Crippen LogP) is 3.03. The van der Waals surface area contributed by atoms with Gasteiger partial charge >= 0.3 is 0 Å². The molecule has 0 aliphatic heterocycles. The van der Waals surface area contributed by atoms with Gasteiger partial charge in [0.05, 0.1) is 12.8 Å². The zero-order chi connectivity index (χ0) is 10.5. The van der Waals surface area contributed by atoms with Gasteiger partial charge in [-0.05, 0) is 50.3 Å². The van der Waals surface area contributed by atoms with Crippen LogP contribution in [-0.2, 0) is 6.54 Å². The maximum atomic E-state index is 5.38. The van der Waals surface area contributed by atoms with Crippen LogP contribution in [0.25, 0.3) is 0 Å². The number of hydrogen-bond acceptors (Lipinski definition) is 2. The third kappa shape index (κ3) is 2.96. The predicted molar refractivity (Wildman–Crippen MR) is 61.6 cm³/mol. The molecule has 0 aromatic carbocycles. The molecule has 0 radical (unpaired) electrons. The Kier molecular flexibility index (Phi) is 3.62. The van der Waals surface area contributed by atoms with E-state index in [9.17, 15) is 0 Å². The third-order valence-electron chi connectivity index (χ3n) is 3.06. The lowest BCUT2D eigenvalue weighted by Gasteiger charge is -2.17. The largest absolute Gasteiger partial charge is 0.468 e. The number of hydrogen-bond donors (Lipinski definition) is 1. The van der Waals surface area contributed by atoms with Gasteiger partial charge in [-0.15, -0.1) is 0 Å². The number of aryl methyl sites for hydroxylation is 1. The highest BCUT2D eigenvalue weighted by atomic mass is 16.3. The Bertz CT molecular complexity index is 327. The van der Waals surface area contributed by atoms with Crippen LogP contribution in [0, 0.1) is 12.8 Å². The fraction of sp³-hybridized carbons (Fsp3) is 0.538. The van der Waals surface area contributed by atoms with Crippen LogP contribution in [0.5, 0.6) is 0 Å². The smallest absolute Gasteiger partial charge is 0.120 e. The average Bonchev–Trinajstić information content (AvgIpc) is 2.66. The molecule has 1 N–H and O–H groups in total. The van der Waals surface area contributed by atoms with Crippen LogP contribution in [0.4, 0.5) is 0 Å². The highest BCUT2D eigenvalue weighted by Crippen LogP contribution is 2.17. The lowest BCUT2D eigenvalue weighted by atomic mass is 9.94. The van der Waals surface area contributed by atoms with Crippen molar-refractivity contribution in [3.8, 4) is 0 Å². The summed E-state index contributed by atoms with van der Waals surface area (Å²) in [5.74, 6) is 1.88. The average molecular weight is 205 g/mol. The van der Waals surface area contributed by atoms with Crippen molar-refractivity contribution in [3.63, 3.8) is 0 Å². The van der Waals surface area contributed by atoms with Gasteiger partial charge in [0.25, 0.3) is 0 Å². The molecule has 0 bridgehead atoms. The van der Waals surface area contributed by atoms with E-state index in [1.54, 1.807) is 6.26 Å². The van der Waals surface area contributed by atoms with Crippen LogP contribution in [0.3, 0.4) is 0 Å². The molecule has 0 saturated carbocycles. The molecular formula is C13H19NO. The molecule has 1 aliphatic carbocycles. The SMILES string of the molecule is Cc1ccoc1CNCC1CC=CCC1. The molecule has 2 nitrogen and oxygen atoms in total. The van der Waals surface area contributed by atoms with Crippen molar-refractivity contribution < 1.29 is 4.42 Å².